The molecule has 0 aliphatic heterocycles. The van der Waals surface area contributed by atoms with Gasteiger partial charge in [0.05, 0.1) is 5.56 Å². The molecule has 0 spiro atoms. The van der Waals surface area contributed by atoms with E-state index in [4.69, 9.17) is 4.74 Å². The highest BCUT2D eigenvalue weighted by Crippen LogP contribution is 2.24. The third kappa shape index (κ3) is 1.22. The number of benzene rings is 2. The van der Waals surface area contributed by atoms with Gasteiger partial charge < -0.3 is 4.74 Å². The van der Waals surface area contributed by atoms with Crippen LogP contribution in [0.2, 0.25) is 0 Å². The van der Waals surface area contributed by atoms with E-state index in [0.717, 1.165) is 5.22 Å². The maximum absolute atomic E-state index is 11.6. The van der Waals surface area contributed by atoms with Crippen LogP contribution < -0.4 is 4.74 Å². The first kappa shape index (κ1) is 8.24. The van der Waals surface area contributed by atoms with Crippen molar-refractivity contribution in [3.63, 3.8) is 0 Å². The van der Waals surface area contributed by atoms with E-state index in [1.54, 1.807) is 12.1 Å². The largest absolute Gasteiger partial charge is 0.422 e. The molecule has 0 amide bonds. The van der Waals surface area contributed by atoms with Crippen molar-refractivity contribution in [2.75, 3.05) is 0 Å². The fourth-order valence-corrected chi connectivity index (χ4v) is 1.57. The van der Waals surface area contributed by atoms with Crippen LogP contribution in [0.25, 0.3) is 0 Å². The molecule has 1 aromatic rings. The van der Waals surface area contributed by atoms with Gasteiger partial charge in [-0.1, -0.05) is 30.3 Å². The molecule has 1 aromatic carbocycles. The molecule has 0 saturated carbocycles. The normalized spacial score (nSPS) is 10.9. The average molecular weight is 196 g/mol. The third-order valence-corrected chi connectivity index (χ3v) is 2.50. The molecule has 3 rings (SSSR count). The first-order chi connectivity index (χ1) is 7.34. The lowest BCUT2D eigenvalue weighted by atomic mass is 10.1. The van der Waals surface area contributed by atoms with Gasteiger partial charge in [-0.2, -0.15) is 0 Å². The van der Waals surface area contributed by atoms with Crippen molar-refractivity contribution in [1.29, 1.82) is 0 Å². The fourth-order valence-electron chi connectivity index (χ4n) is 1.57. The quantitative estimate of drug-likeness (QED) is 0.465. The van der Waals surface area contributed by atoms with Gasteiger partial charge in [0, 0.05) is 5.22 Å². The van der Waals surface area contributed by atoms with Crippen molar-refractivity contribution < 1.29 is 9.53 Å². The van der Waals surface area contributed by atoms with Crippen LogP contribution in [-0.4, -0.2) is 5.97 Å². The molecule has 0 unspecified atom stereocenters. The van der Waals surface area contributed by atoms with Crippen molar-refractivity contribution in [3.8, 4) is 5.75 Å². The summed E-state index contributed by atoms with van der Waals surface area (Å²) in [6, 6.07) is 14.8. The lowest BCUT2D eigenvalue weighted by molar-refractivity contribution is 0.0731. The zero-order valence-electron chi connectivity index (χ0n) is 7.94. The summed E-state index contributed by atoms with van der Waals surface area (Å²) in [5.74, 6) is 0.384. The second-order valence-electron chi connectivity index (χ2n) is 3.47. The maximum atomic E-state index is 11.6. The Hall–Kier alpha value is -2.09. The summed E-state index contributed by atoms with van der Waals surface area (Å²) in [7, 11) is 0. The van der Waals surface area contributed by atoms with Crippen molar-refractivity contribution in [2.24, 2.45) is 0 Å². The van der Waals surface area contributed by atoms with E-state index < -0.39 is 0 Å². The van der Waals surface area contributed by atoms with Crippen molar-refractivity contribution in [2.45, 2.75) is 0 Å². The molecule has 2 nitrogen and oxygen atoms in total. The Kier molecular flexibility index (Phi) is 1.62. The Morgan fingerprint density at radius 1 is 1.00 bits per heavy atom. The number of esters is 1. The van der Waals surface area contributed by atoms with Crippen LogP contribution in [0, 0.1) is 10.4 Å². The highest BCUT2D eigenvalue weighted by Gasteiger charge is 2.12. The zero-order chi connectivity index (χ0) is 10.3. The number of rotatable bonds is 2. The van der Waals surface area contributed by atoms with Crippen LogP contribution in [0.5, 0.6) is 5.75 Å². The van der Waals surface area contributed by atoms with Gasteiger partial charge in [0.1, 0.15) is 5.75 Å². The van der Waals surface area contributed by atoms with Crippen LogP contribution in [0.4, 0.5) is 0 Å². The number of carbonyl (C=O) groups excluding carboxylic acids is 1. The predicted octanol–water partition coefficient (Wildman–Crippen LogP) is 2.51. The van der Waals surface area contributed by atoms with Crippen molar-refractivity contribution in [3.05, 3.63) is 64.5 Å². The number of carbonyl (C=O) groups is 1. The molecule has 2 aliphatic rings. The Bertz CT molecular complexity index is 615. The second-order valence-corrected chi connectivity index (χ2v) is 3.47. The van der Waals surface area contributed by atoms with E-state index >= 15 is 0 Å². The number of hydrogen-bond acceptors (Lipinski definition) is 2. The summed E-state index contributed by atoms with van der Waals surface area (Å²) in [5, 5.41) is 2.23. The summed E-state index contributed by atoms with van der Waals surface area (Å²) < 4.78 is 5.22. The lowest BCUT2D eigenvalue weighted by Crippen LogP contribution is -2.10. The van der Waals surface area contributed by atoms with E-state index in [1.807, 2.05) is 36.4 Å². The van der Waals surface area contributed by atoms with Gasteiger partial charge >= 0.3 is 5.97 Å². The van der Waals surface area contributed by atoms with E-state index in [0.29, 0.717) is 11.3 Å². The van der Waals surface area contributed by atoms with Gasteiger partial charge in [-0.3, -0.25) is 0 Å². The molecule has 0 atom stereocenters. The van der Waals surface area contributed by atoms with Gasteiger partial charge in [0.15, 0.2) is 0 Å². The van der Waals surface area contributed by atoms with Crippen LogP contribution in [0.15, 0.2) is 48.5 Å². The summed E-state index contributed by atoms with van der Waals surface area (Å²) in [6.45, 7) is 0. The van der Waals surface area contributed by atoms with Gasteiger partial charge in [0.2, 0.25) is 0 Å². The zero-order valence-corrected chi connectivity index (χ0v) is 7.94. The Morgan fingerprint density at radius 2 is 1.80 bits per heavy atom. The molecular formula is C13H8O2. The monoisotopic (exact) mass is 196 g/mol. The molecular weight excluding hydrogens is 188 g/mol. The molecule has 2 aliphatic carbocycles. The standard InChI is InChI=1S/C13H8O2/c14-13(9-4-2-1-3-5-9)15-12-8-10-6-7-11(10)12/h1-8H. The van der Waals surface area contributed by atoms with E-state index in [9.17, 15) is 4.79 Å². The third-order valence-electron chi connectivity index (χ3n) is 2.50. The molecule has 0 saturated heterocycles. The molecule has 72 valence electrons. The number of ether oxygens (including phenoxy) is 1. The first-order valence-electron chi connectivity index (χ1n) is 4.76. The number of hydrogen-bond donors (Lipinski definition) is 0. The Balaban J connectivity index is 1.81. The fraction of sp³-hybridized carbons (Fsp3) is 0. The highest BCUT2D eigenvalue weighted by atomic mass is 16.5. The van der Waals surface area contributed by atoms with Crippen molar-refractivity contribution >= 4 is 5.97 Å². The van der Waals surface area contributed by atoms with Gasteiger partial charge in [0.25, 0.3) is 0 Å². The lowest BCUT2D eigenvalue weighted by Gasteiger charge is -2.11. The summed E-state index contributed by atoms with van der Waals surface area (Å²) in [5.41, 5.74) is 0.579. The SMILES string of the molecule is O=C(Oc1cc2ccc1=2)c1ccccc1. The molecule has 0 aromatic heterocycles. The van der Waals surface area contributed by atoms with Crippen LogP contribution in [0.1, 0.15) is 10.4 Å². The van der Waals surface area contributed by atoms with Crippen LogP contribution in [0.3, 0.4) is 0 Å². The van der Waals surface area contributed by atoms with Gasteiger partial charge in [-0.15, -0.1) is 0 Å². The average Bonchev–Trinajstić information content (AvgIpc) is 2.26. The molecule has 0 N–H and O–H groups in total. The smallest absolute Gasteiger partial charge is 0.343 e. The Morgan fingerprint density at radius 3 is 2.33 bits per heavy atom. The van der Waals surface area contributed by atoms with Gasteiger partial charge in [-0.05, 0) is 23.4 Å². The van der Waals surface area contributed by atoms with Gasteiger partial charge in [-0.25, -0.2) is 4.79 Å². The Labute approximate surface area is 86.4 Å². The molecule has 0 radical (unpaired) electrons. The minimum atomic E-state index is -0.297. The minimum Gasteiger partial charge on any atom is -0.422 e. The molecule has 0 heterocycles. The maximum Gasteiger partial charge on any atom is 0.343 e. The summed E-state index contributed by atoms with van der Waals surface area (Å²) in [4.78, 5) is 11.6. The topological polar surface area (TPSA) is 26.3 Å². The molecule has 0 bridgehead atoms. The summed E-state index contributed by atoms with van der Waals surface area (Å²) in [6.07, 6.45) is 0. The predicted molar refractivity (Wildman–Crippen MR) is 55.5 cm³/mol. The van der Waals surface area contributed by atoms with Crippen LogP contribution >= 0.6 is 0 Å². The van der Waals surface area contributed by atoms with E-state index in [2.05, 4.69) is 0 Å². The summed E-state index contributed by atoms with van der Waals surface area (Å²) >= 11 is 0. The van der Waals surface area contributed by atoms with E-state index in [-0.39, 0.29) is 5.97 Å². The molecule has 2 heteroatoms. The van der Waals surface area contributed by atoms with E-state index in [1.165, 1.54) is 5.22 Å². The molecule has 15 heavy (non-hydrogen) atoms. The first-order valence-corrected chi connectivity index (χ1v) is 4.76. The molecule has 0 fully saturated rings. The van der Waals surface area contributed by atoms with Crippen molar-refractivity contribution in [1.82, 2.24) is 0 Å². The minimum absolute atomic E-state index is 0.297. The van der Waals surface area contributed by atoms with Crippen LogP contribution in [-0.2, 0) is 0 Å². The second kappa shape index (κ2) is 2.95. The highest BCUT2D eigenvalue weighted by molar-refractivity contribution is 5.91.